The molecule has 0 saturated carbocycles. The van der Waals surface area contributed by atoms with Crippen LogP contribution in [0.5, 0.6) is 0 Å². The molecule has 478 valence electrons. The van der Waals surface area contributed by atoms with Crippen molar-refractivity contribution in [3.8, 4) is 45.6 Å². The number of halogens is 8. The van der Waals surface area contributed by atoms with Crippen molar-refractivity contribution in [3.63, 3.8) is 0 Å². The second-order valence-corrected chi connectivity index (χ2v) is 44.6. The summed E-state index contributed by atoms with van der Waals surface area (Å²) in [5.74, 6) is 0. The third-order valence-corrected chi connectivity index (χ3v) is 38.7. The Morgan fingerprint density at radius 1 is 0.258 bits per heavy atom. The van der Waals surface area contributed by atoms with E-state index in [2.05, 4.69) is 39.9 Å². The average Bonchev–Trinajstić information content (AvgIpc) is 1.44. The molecule has 0 unspecified atom stereocenters. The Hall–Kier alpha value is -3.08. The molecule has 8 rings (SSSR count). The van der Waals surface area contributed by atoms with Gasteiger partial charge >= 0.3 is 21.1 Å². The molecule has 89 heavy (non-hydrogen) atoms. The molecule has 0 aliphatic heterocycles. The van der Waals surface area contributed by atoms with Gasteiger partial charge in [0.15, 0.2) is 0 Å². The first-order valence-corrected chi connectivity index (χ1v) is 40.3. The minimum atomic E-state index is -3.03. The topological polar surface area (TPSA) is 195 Å². The number of aromatic nitrogens is 8. The van der Waals surface area contributed by atoms with Gasteiger partial charge in [-0.05, 0) is 103 Å². The summed E-state index contributed by atoms with van der Waals surface area (Å²) < 4.78 is 0. The maximum absolute atomic E-state index is 13.5. The molecule has 0 N–H and O–H groups in total. The molecule has 0 spiro atoms. The van der Waals surface area contributed by atoms with Crippen LogP contribution in [-0.2, 0) is 21.1 Å². The van der Waals surface area contributed by atoms with Gasteiger partial charge < -0.3 is 19.2 Å². The zero-order valence-electron chi connectivity index (χ0n) is 52.7. The third-order valence-electron chi connectivity index (χ3n) is 16.0. The Balaban J connectivity index is 0.000000253. The zero-order valence-corrected chi connectivity index (χ0v) is 65.0. The summed E-state index contributed by atoms with van der Waals surface area (Å²) in [4.78, 5) is 88.4. The van der Waals surface area contributed by atoms with Gasteiger partial charge in [0.1, 0.15) is 22.8 Å². The van der Waals surface area contributed by atoms with E-state index >= 15 is 0 Å². The van der Waals surface area contributed by atoms with Gasteiger partial charge in [0.25, 0.3) is 0 Å². The summed E-state index contributed by atoms with van der Waals surface area (Å²) in [5.41, 5.74) is 4.67. The van der Waals surface area contributed by atoms with E-state index in [1.165, 1.54) is 0 Å². The van der Waals surface area contributed by atoms with Crippen molar-refractivity contribution >= 4 is 147 Å². The Morgan fingerprint density at radius 2 is 0.416 bits per heavy atom. The van der Waals surface area contributed by atoms with Crippen LogP contribution in [0.4, 0.5) is 0 Å². The molecule has 0 aliphatic carbocycles. The van der Waals surface area contributed by atoms with Gasteiger partial charge in [0, 0.05) is 49.6 Å². The molecule has 25 heteroatoms. The summed E-state index contributed by atoms with van der Waals surface area (Å²) >= 11 is 51.4. The first kappa shape index (κ1) is 78.4. The Labute approximate surface area is 584 Å². The van der Waals surface area contributed by atoms with Crippen molar-refractivity contribution in [1.29, 1.82) is 0 Å². The van der Waals surface area contributed by atoms with Crippen LogP contribution in [0, 0.1) is 0 Å². The average molecular weight is 1610 g/mol. The SMILES string of the molecule is CC(C)[Si]([O-])(c1cnc(-c2ccccn2)c(Cl)c1Cl)C(C)C.CC(C)[Si]([O-])(c1cnc(-c2ccccn2)c(Cl)c1Cl)C(C)C.CC(C)[Si]([O-])(c1cnc(-c2ccccn2)c(Cl)c1Cl)C(C)C.CC(C)[Si]([O-])(c1cnc(-c2ccccn2)c(Cl)c1Cl)C(C)C.[Pt+4]. The second kappa shape index (κ2) is 33.8. The number of hydrogen-bond donors (Lipinski definition) is 0. The Morgan fingerprint density at radius 3 is 0.539 bits per heavy atom. The fourth-order valence-electron chi connectivity index (χ4n) is 10.8. The van der Waals surface area contributed by atoms with Crippen molar-refractivity contribution in [2.24, 2.45) is 0 Å². The van der Waals surface area contributed by atoms with Gasteiger partial charge in [0.05, 0.1) is 63.0 Å². The van der Waals surface area contributed by atoms with Crippen molar-refractivity contribution < 1.29 is 40.2 Å². The smallest absolute Gasteiger partial charge is 0.855 e. The standard InChI is InChI=1S/4C16H19Cl2N2OSi.Pt/c4*1-10(2)22(21,11(3)4)13-9-20-16(15(18)14(13)17)12-7-5-6-8-19-12;/h4*5-11H,1-4H3;/q4*-1;+4. The molecule has 8 aromatic heterocycles. The molecular formula is C64H76Cl8N8O4PtSi4. The maximum atomic E-state index is 13.5. The van der Waals surface area contributed by atoms with Crippen LogP contribution in [-0.4, -0.2) is 73.1 Å². The van der Waals surface area contributed by atoms with Crippen molar-refractivity contribution in [3.05, 3.63) is 163 Å². The van der Waals surface area contributed by atoms with Gasteiger partial charge in [-0.3, -0.25) is 39.9 Å². The number of pyridine rings is 8. The predicted molar refractivity (Wildman–Crippen MR) is 372 cm³/mol. The molecule has 0 bridgehead atoms. The summed E-state index contributed by atoms with van der Waals surface area (Å²) in [6, 6.07) is 22.0. The first-order valence-electron chi connectivity index (χ1n) is 29.0. The molecule has 0 atom stereocenters. The molecule has 0 aromatic carbocycles. The van der Waals surface area contributed by atoms with Crippen LogP contribution >= 0.6 is 92.8 Å². The molecule has 0 fully saturated rings. The van der Waals surface area contributed by atoms with Gasteiger partial charge in [-0.15, -0.1) is 0 Å². The third kappa shape index (κ3) is 17.1. The minimum Gasteiger partial charge on any atom is -0.855 e. The van der Waals surface area contributed by atoms with E-state index in [1.807, 2.05) is 184 Å². The summed E-state index contributed by atoms with van der Waals surface area (Å²) in [5, 5.41) is 4.93. The van der Waals surface area contributed by atoms with Crippen LogP contribution in [0.25, 0.3) is 45.6 Å². The van der Waals surface area contributed by atoms with E-state index in [9.17, 15) is 19.2 Å². The van der Waals surface area contributed by atoms with Gasteiger partial charge in [-0.1, -0.05) is 272 Å². The molecule has 0 amide bonds. The molecule has 0 aliphatic rings. The normalized spacial score (nSPS) is 12.1. The van der Waals surface area contributed by atoms with E-state index in [0.717, 1.165) is 0 Å². The van der Waals surface area contributed by atoms with Crippen LogP contribution in [0.1, 0.15) is 111 Å². The number of nitrogens with zero attached hydrogens (tertiary/aromatic N) is 8. The Kier molecular flexibility index (Phi) is 29.8. The van der Waals surface area contributed by atoms with Crippen LogP contribution in [0.3, 0.4) is 0 Å². The van der Waals surface area contributed by atoms with Crippen LogP contribution < -0.4 is 39.9 Å². The molecule has 8 heterocycles. The Bertz CT molecular complexity index is 3090. The van der Waals surface area contributed by atoms with Crippen molar-refractivity contribution in [1.82, 2.24) is 39.9 Å². The minimum absolute atomic E-state index is 0. The summed E-state index contributed by atoms with van der Waals surface area (Å²) in [6.45, 7) is 31.3. The molecule has 0 radical (unpaired) electrons. The molecule has 0 saturated heterocycles. The van der Waals surface area contributed by atoms with Crippen LogP contribution in [0.15, 0.2) is 122 Å². The van der Waals surface area contributed by atoms with Gasteiger partial charge in [-0.25, -0.2) is 0 Å². The fourth-order valence-corrected chi connectivity index (χ4v) is 27.7. The summed E-state index contributed by atoms with van der Waals surface area (Å²) in [7, 11) is -12.1. The molecule has 12 nitrogen and oxygen atoms in total. The van der Waals surface area contributed by atoms with E-state index in [-0.39, 0.29) is 65.4 Å². The maximum Gasteiger partial charge on any atom is 4.00 e. The number of hydrogen-bond acceptors (Lipinski definition) is 12. The van der Waals surface area contributed by atoms with Gasteiger partial charge in [0.2, 0.25) is 0 Å². The first-order chi connectivity index (χ1) is 41.2. The predicted octanol–water partition coefficient (Wildman–Crippen LogP) is 15.1. The molecular weight excluding hydrogens is 1540 g/mol. The van der Waals surface area contributed by atoms with Crippen molar-refractivity contribution in [2.45, 2.75) is 155 Å². The monoisotopic (exact) mass is 1610 g/mol. The van der Waals surface area contributed by atoms with E-state index in [1.54, 1.807) is 49.6 Å². The van der Waals surface area contributed by atoms with Crippen molar-refractivity contribution in [2.75, 3.05) is 0 Å². The largest absolute Gasteiger partial charge is 4.00 e. The summed E-state index contributed by atoms with van der Waals surface area (Å²) in [6.07, 6.45) is 13.1. The van der Waals surface area contributed by atoms with E-state index in [4.69, 9.17) is 92.8 Å². The zero-order chi connectivity index (χ0) is 66.0. The quantitative estimate of drug-likeness (QED) is 0.0832. The fraction of sp³-hybridized carbons (Fsp3) is 0.375. The molecule has 8 aromatic rings. The number of rotatable bonds is 16. The van der Waals surface area contributed by atoms with Crippen LogP contribution in [0.2, 0.25) is 84.5 Å². The van der Waals surface area contributed by atoms with Gasteiger partial charge in [-0.2, -0.15) is 0 Å². The van der Waals surface area contributed by atoms with E-state index < -0.39 is 33.3 Å². The van der Waals surface area contributed by atoms with E-state index in [0.29, 0.717) is 106 Å². The second-order valence-electron chi connectivity index (χ2n) is 23.9.